The molecule has 0 spiro atoms. The highest BCUT2D eigenvalue weighted by Gasteiger charge is 2.30. The molecule has 0 saturated carbocycles. The van der Waals surface area contributed by atoms with Crippen molar-refractivity contribution in [3.8, 4) is 5.75 Å². The number of carbonyl (C=O) groups is 1. The van der Waals surface area contributed by atoms with Crippen molar-refractivity contribution < 1.29 is 22.7 Å². The lowest BCUT2D eigenvalue weighted by atomic mass is 10.2. The molecule has 1 heterocycles. The van der Waals surface area contributed by atoms with Gasteiger partial charge in [0.05, 0.1) is 5.56 Å². The van der Waals surface area contributed by atoms with E-state index in [0.717, 1.165) is 12.1 Å². The normalized spacial score (nSPS) is 11.0. The van der Waals surface area contributed by atoms with Gasteiger partial charge in [0.2, 0.25) is 0 Å². The van der Waals surface area contributed by atoms with E-state index in [-0.39, 0.29) is 17.0 Å². The quantitative estimate of drug-likeness (QED) is 0.913. The van der Waals surface area contributed by atoms with Crippen LogP contribution in [0.3, 0.4) is 0 Å². The van der Waals surface area contributed by atoms with Gasteiger partial charge in [-0.05, 0) is 30.3 Å². The van der Waals surface area contributed by atoms with Gasteiger partial charge in [-0.2, -0.15) is 0 Å². The highest BCUT2D eigenvalue weighted by atomic mass is 19.4. The third-order valence-corrected chi connectivity index (χ3v) is 2.45. The number of amides is 1. The Kier molecular flexibility index (Phi) is 3.97. The van der Waals surface area contributed by atoms with Gasteiger partial charge in [-0.25, -0.2) is 0 Å². The number of nitrogen functional groups attached to an aromatic ring is 1. The van der Waals surface area contributed by atoms with Gasteiger partial charge >= 0.3 is 6.36 Å². The molecular formula is C13H10F3N3O2. The molecule has 21 heavy (non-hydrogen) atoms. The van der Waals surface area contributed by atoms with Crippen molar-refractivity contribution in [1.29, 1.82) is 0 Å². The maximum Gasteiger partial charge on any atom is 0.573 e. The van der Waals surface area contributed by atoms with Crippen molar-refractivity contribution in [2.24, 2.45) is 0 Å². The number of halogens is 3. The van der Waals surface area contributed by atoms with Gasteiger partial charge in [-0.3, -0.25) is 9.78 Å². The number of alkyl halides is 3. The van der Waals surface area contributed by atoms with Gasteiger partial charge in [0.25, 0.3) is 5.91 Å². The number of benzene rings is 1. The zero-order valence-electron chi connectivity index (χ0n) is 10.5. The Morgan fingerprint density at radius 2 is 1.86 bits per heavy atom. The summed E-state index contributed by atoms with van der Waals surface area (Å²) in [4.78, 5) is 15.7. The highest BCUT2D eigenvalue weighted by molar-refractivity contribution is 6.07. The smallest absolute Gasteiger partial charge is 0.406 e. The van der Waals surface area contributed by atoms with E-state index in [4.69, 9.17) is 5.73 Å². The second kappa shape index (κ2) is 5.70. The highest BCUT2D eigenvalue weighted by Crippen LogP contribution is 2.24. The van der Waals surface area contributed by atoms with Crippen LogP contribution in [0.15, 0.2) is 42.7 Å². The molecule has 5 nitrogen and oxygen atoms in total. The standard InChI is InChI=1S/C13H10F3N3O2/c14-13(15,16)21-9-3-1-8(2-4-9)19-12(20)10-7-18-6-5-11(10)17/h1-7H,(H2,17,18)(H,19,20). The van der Waals surface area contributed by atoms with E-state index in [1.807, 2.05) is 0 Å². The molecule has 0 aliphatic heterocycles. The molecule has 2 rings (SSSR count). The Bertz CT molecular complexity index is 642. The summed E-state index contributed by atoms with van der Waals surface area (Å²) in [6.45, 7) is 0. The van der Waals surface area contributed by atoms with Crippen LogP contribution in [0.2, 0.25) is 0 Å². The fourth-order valence-electron chi connectivity index (χ4n) is 1.53. The SMILES string of the molecule is Nc1ccncc1C(=O)Nc1ccc(OC(F)(F)F)cc1. The zero-order valence-corrected chi connectivity index (χ0v) is 10.5. The Morgan fingerprint density at radius 3 is 2.43 bits per heavy atom. The number of anilines is 2. The van der Waals surface area contributed by atoms with E-state index >= 15 is 0 Å². The number of ether oxygens (including phenoxy) is 1. The predicted octanol–water partition coefficient (Wildman–Crippen LogP) is 2.81. The summed E-state index contributed by atoms with van der Waals surface area (Å²) in [5, 5.41) is 2.49. The van der Waals surface area contributed by atoms with E-state index in [9.17, 15) is 18.0 Å². The van der Waals surface area contributed by atoms with Crippen LogP contribution in [-0.2, 0) is 0 Å². The van der Waals surface area contributed by atoms with Crippen LogP contribution in [0.1, 0.15) is 10.4 Å². The minimum Gasteiger partial charge on any atom is -0.406 e. The van der Waals surface area contributed by atoms with Gasteiger partial charge in [-0.1, -0.05) is 0 Å². The molecule has 1 aromatic carbocycles. The van der Waals surface area contributed by atoms with Crippen LogP contribution in [0.5, 0.6) is 5.75 Å². The molecule has 3 N–H and O–H groups in total. The summed E-state index contributed by atoms with van der Waals surface area (Å²) in [7, 11) is 0. The number of carbonyl (C=O) groups excluding carboxylic acids is 1. The molecule has 1 aromatic heterocycles. The molecule has 0 aliphatic rings. The van der Waals surface area contributed by atoms with Gasteiger partial charge in [0, 0.05) is 23.8 Å². The van der Waals surface area contributed by atoms with Crippen molar-refractivity contribution in [1.82, 2.24) is 4.98 Å². The molecule has 8 heteroatoms. The molecule has 0 bridgehead atoms. The number of hydrogen-bond donors (Lipinski definition) is 2. The number of pyridine rings is 1. The first-order valence-electron chi connectivity index (χ1n) is 5.72. The lowest BCUT2D eigenvalue weighted by Crippen LogP contribution is -2.17. The fraction of sp³-hybridized carbons (Fsp3) is 0.0769. The van der Waals surface area contributed by atoms with Crippen LogP contribution < -0.4 is 15.8 Å². The molecule has 0 aliphatic carbocycles. The molecule has 0 unspecified atom stereocenters. The summed E-state index contributed by atoms with van der Waals surface area (Å²) >= 11 is 0. The van der Waals surface area contributed by atoms with Crippen LogP contribution in [0, 0.1) is 0 Å². The molecule has 110 valence electrons. The minimum atomic E-state index is -4.76. The topological polar surface area (TPSA) is 77.2 Å². The van der Waals surface area contributed by atoms with Crippen molar-refractivity contribution >= 4 is 17.3 Å². The lowest BCUT2D eigenvalue weighted by molar-refractivity contribution is -0.274. The average molecular weight is 297 g/mol. The summed E-state index contributed by atoms with van der Waals surface area (Å²) < 4.78 is 39.7. The Labute approximate surface area is 117 Å². The van der Waals surface area contributed by atoms with Gasteiger partial charge in [-0.15, -0.1) is 13.2 Å². The van der Waals surface area contributed by atoms with Crippen LogP contribution >= 0.6 is 0 Å². The molecule has 2 aromatic rings. The Hall–Kier alpha value is -2.77. The van der Waals surface area contributed by atoms with E-state index < -0.39 is 12.3 Å². The summed E-state index contributed by atoms with van der Waals surface area (Å²) in [5.74, 6) is -0.883. The number of nitrogens with one attached hydrogen (secondary N) is 1. The summed E-state index contributed by atoms with van der Waals surface area (Å²) in [6, 6.07) is 6.22. The van der Waals surface area contributed by atoms with E-state index in [1.54, 1.807) is 0 Å². The third-order valence-electron chi connectivity index (χ3n) is 2.45. The zero-order chi connectivity index (χ0) is 15.5. The number of aromatic nitrogens is 1. The number of hydrogen-bond acceptors (Lipinski definition) is 4. The fourth-order valence-corrected chi connectivity index (χ4v) is 1.53. The largest absolute Gasteiger partial charge is 0.573 e. The molecule has 1 amide bonds. The average Bonchev–Trinajstić information content (AvgIpc) is 2.40. The second-order valence-corrected chi connectivity index (χ2v) is 3.99. The monoisotopic (exact) mass is 297 g/mol. The first-order chi connectivity index (χ1) is 9.85. The van der Waals surface area contributed by atoms with Gasteiger partial charge in [0.1, 0.15) is 5.75 Å². The predicted molar refractivity (Wildman–Crippen MR) is 69.7 cm³/mol. The maximum absolute atomic E-state index is 12.0. The molecule has 0 saturated heterocycles. The van der Waals surface area contributed by atoms with Crippen molar-refractivity contribution in [3.63, 3.8) is 0 Å². The van der Waals surface area contributed by atoms with E-state index in [2.05, 4.69) is 15.0 Å². The van der Waals surface area contributed by atoms with Crippen molar-refractivity contribution in [2.75, 3.05) is 11.1 Å². The lowest BCUT2D eigenvalue weighted by Gasteiger charge is -2.10. The van der Waals surface area contributed by atoms with Crippen LogP contribution in [0.4, 0.5) is 24.5 Å². The first-order valence-corrected chi connectivity index (χ1v) is 5.72. The molecule has 0 fully saturated rings. The minimum absolute atomic E-state index is 0.174. The number of nitrogens with two attached hydrogens (primary N) is 1. The Balaban J connectivity index is 2.07. The van der Waals surface area contributed by atoms with Crippen LogP contribution in [-0.4, -0.2) is 17.3 Å². The van der Waals surface area contributed by atoms with Gasteiger partial charge < -0.3 is 15.8 Å². The van der Waals surface area contributed by atoms with E-state index in [0.29, 0.717) is 5.69 Å². The number of nitrogens with zero attached hydrogens (tertiary/aromatic N) is 1. The third kappa shape index (κ3) is 4.10. The summed E-state index contributed by atoms with van der Waals surface area (Å²) in [5.41, 5.74) is 6.35. The molecular weight excluding hydrogens is 287 g/mol. The Morgan fingerprint density at radius 1 is 1.19 bits per heavy atom. The first kappa shape index (κ1) is 14.6. The number of rotatable bonds is 3. The maximum atomic E-state index is 12.0. The van der Waals surface area contributed by atoms with Gasteiger partial charge in [0.15, 0.2) is 0 Å². The second-order valence-electron chi connectivity index (χ2n) is 3.99. The van der Waals surface area contributed by atoms with Crippen LogP contribution in [0.25, 0.3) is 0 Å². The van der Waals surface area contributed by atoms with E-state index in [1.165, 1.54) is 30.6 Å². The molecule has 0 radical (unpaired) electrons. The molecule has 0 atom stereocenters. The van der Waals surface area contributed by atoms with Crippen molar-refractivity contribution in [2.45, 2.75) is 6.36 Å². The van der Waals surface area contributed by atoms with Crippen molar-refractivity contribution in [3.05, 3.63) is 48.3 Å². The summed E-state index contributed by atoms with van der Waals surface area (Å²) in [6.07, 6.45) is -2.02.